The first kappa shape index (κ1) is 20.5. The largest absolute Gasteiger partial charge is 1.00 e. The maximum atomic E-state index is 11.8. The second-order valence-electron chi connectivity index (χ2n) is 7.44. The Morgan fingerprint density at radius 2 is 1.89 bits per heavy atom. The standard InChI is InChI=1S/C21H24N3O3.BrH/c1-16-9-11-18(12-10-16)23-20-8-3-2-4-13-22(20)15-21(23,25)17-6-5-7-19(14-17)24(26)27;/h5-7,9-12,14,25H,2-4,8,13,15H2,1H3;1H/q+1;/p-1. The van der Waals surface area contributed by atoms with E-state index in [2.05, 4.69) is 4.58 Å². The molecule has 0 aliphatic carbocycles. The minimum absolute atomic E-state index is 0. The number of anilines is 1. The molecule has 4 rings (SSSR count). The van der Waals surface area contributed by atoms with Crippen molar-refractivity contribution in [3.63, 3.8) is 0 Å². The second-order valence-corrected chi connectivity index (χ2v) is 7.44. The molecule has 2 aliphatic heterocycles. The van der Waals surface area contributed by atoms with Crippen LogP contribution in [-0.2, 0) is 5.72 Å². The van der Waals surface area contributed by atoms with E-state index < -0.39 is 10.6 Å². The highest BCUT2D eigenvalue weighted by atomic mass is 79.9. The number of aliphatic hydroxyl groups is 1. The summed E-state index contributed by atoms with van der Waals surface area (Å²) in [4.78, 5) is 12.8. The Bertz CT molecular complexity index is 913. The molecular weight excluding hydrogens is 422 g/mol. The molecule has 0 saturated heterocycles. The van der Waals surface area contributed by atoms with Gasteiger partial charge >= 0.3 is 0 Å². The van der Waals surface area contributed by atoms with Crippen molar-refractivity contribution in [2.45, 2.75) is 38.3 Å². The molecule has 1 N–H and O–H groups in total. The molecule has 1 unspecified atom stereocenters. The Kier molecular flexibility index (Phi) is 5.86. The molecule has 0 bridgehead atoms. The topological polar surface area (TPSA) is 69.6 Å². The van der Waals surface area contributed by atoms with Gasteiger partial charge in [0.2, 0.25) is 0 Å². The summed E-state index contributed by atoms with van der Waals surface area (Å²) in [6.07, 6.45) is 4.25. The van der Waals surface area contributed by atoms with Crippen LogP contribution in [0.4, 0.5) is 11.4 Å². The zero-order chi connectivity index (χ0) is 19.0. The first-order chi connectivity index (χ1) is 13.0. The number of amidine groups is 1. The van der Waals surface area contributed by atoms with Gasteiger partial charge < -0.3 is 22.1 Å². The third kappa shape index (κ3) is 3.56. The van der Waals surface area contributed by atoms with Crippen LogP contribution in [0, 0.1) is 17.0 Å². The summed E-state index contributed by atoms with van der Waals surface area (Å²) in [6, 6.07) is 14.5. The molecule has 0 amide bonds. The van der Waals surface area contributed by atoms with Crippen molar-refractivity contribution < 1.29 is 31.6 Å². The van der Waals surface area contributed by atoms with Crippen LogP contribution in [0.15, 0.2) is 48.5 Å². The zero-order valence-corrected chi connectivity index (χ0v) is 17.4. The van der Waals surface area contributed by atoms with Gasteiger partial charge in [-0.15, -0.1) is 0 Å². The third-order valence-electron chi connectivity index (χ3n) is 5.54. The van der Waals surface area contributed by atoms with E-state index in [0.29, 0.717) is 12.1 Å². The zero-order valence-electron chi connectivity index (χ0n) is 15.8. The number of benzene rings is 2. The first-order valence-corrected chi connectivity index (χ1v) is 9.44. The summed E-state index contributed by atoms with van der Waals surface area (Å²) in [7, 11) is 0. The number of rotatable bonds is 3. The Morgan fingerprint density at radius 3 is 2.61 bits per heavy atom. The second kappa shape index (κ2) is 8.01. The van der Waals surface area contributed by atoms with E-state index in [9.17, 15) is 15.2 Å². The average Bonchev–Trinajstić information content (AvgIpc) is 2.79. The SMILES string of the molecule is Cc1ccc(N2C3=[N+](CCCCC3)CC2(O)c2cccc([N+](=O)[O-])c2)cc1.[Br-]. The molecule has 0 aromatic heterocycles. The van der Waals surface area contributed by atoms with E-state index in [0.717, 1.165) is 42.9 Å². The molecule has 0 radical (unpaired) electrons. The van der Waals surface area contributed by atoms with Crippen molar-refractivity contribution in [1.29, 1.82) is 0 Å². The fourth-order valence-corrected chi connectivity index (χ4v) is 4.17. The van der Waals surface area contributed by atoms with Gasteiger partial charge in [-0.25, -0.2) is 0 Å². The molecule has 2 heterocycles. The quantitative estimate of drug-likeness (QED) is 0.425. The number of nitro benzene ring substituents is 1. The monoisotopic (exact) mass is 445 g/mol. The van der Waals surface area contributed by atoms with Gasteiger partial charge in [-0.2, -0.15) is 4.90 Å². The molecule has 1 atom stereocenters. The van der Waals surface area contributed by atoms with Gasteiger partial charge in [0, 0.05) is 24.1 Å². The highest BCUT2D eigenvalue weighted by Gasteiger charge is 2.54. The lowest BCUT2D eigenvalue weighted by molar-refractivity contribution is -0.534. The summed E-state index contributed by atoms with van der Waals surface area (Å²) in [5.74, 6) is 1.10. The lowest BCUT2D eigenvalue weighted by atomic mass is 9.99. The molecule has 0 saturated carbocycles. The van der Waals surface area contributed by atoms with Crippen molar-refractivity contribution in [2.24, 2.45) is 0 Å². The summed E-state index contributed by atoms with van der Waals surface area (Å²) in [5, 5.41) is 23.1. The minimum atomic E-state index is -1.33. The Balaban J connectivity index is 0.00000225. The summed E-state index contributed by atoms with van der Waals surface area (Å²) < 4.78 is 2.24. The Morgan fingerprint density at radius 1 is 1.14 bits per heavy atom. The Hall–Kier alpha value is -2.25. The number of halogens is 1. The van der Waals surface area contributed by atoms with E-state index in [4.69, 9.17) is 0 Å². The number of aryl methyl sites for hydroxylation is 1. The predicted molar refractivity (Wildman–Crippen MR) is 104 cm³/mol. The van der Waals surface area contributed by atoms with E-state index in [1.165, 1.54) is 18.6 Å². The van der Waals surface area contributed by atoms with Gasteiger partial charge in [0.05, 0.1) is 11.5 Å². The van der Waals surface area contributed by atoms with Crippen LogP contribution in [0.1, 0.15) is 36.8 Å². The van der Waals surface area contributed by atoms with E-state index in [-0.39, 0.29) is 22.7 Å². The number of hydrogen-bond acceptors (Lipinski definition) is 4. The highest BCUT2D eigenvalue weighted by Crippen LogP contribution is 2.38. The molecule has 28 heavy (non-hydrogen) atoms. The normalized spacial score (nSPS) is 21.7. The number of hydrogen-bond donors (Lipinski definition) is 1. The predicted octanol–water partition coefficient (Wildman–Crippen LogP) is 0.558. The van der Waals surface area contributed by atoms with Crippen LogP contribution in [0.5, 0.6) is 0 Å². The van der Waals surface area contributed by atoms with Crippen LogP contribution in [0.25, 0.3) is 0 Å². The lowest BCUT2D eigenvalue weighted by Crippen LogP contribution is -3.00. The van der Waals surface area contributed by atoms with Crippen molar-refractivity contribution >= 4 is 17.2 Å². The summed E-state index contributed by atoms with van der Waals surface area (Å²) in [6.45, 7) is 3.35. The first-order valence-electron chi connectivity index (χ1n) is 9.44. The van der Waals surface area contributed by atoms with Gasteiger partial charge in [0.25, 0.3) is 17.2 Å². The molecule has 6 nitrogen and oxygen atoms in total. The summed E-state index contributed by atoms with van der Waals surface area (Å²) >= 11 is 0. The number of nitrogens with zero attached hydrogens (tertiary/aromatic N) is 3. The maximum absolute atomic E-state index is 11.8. The van der Waals surface area contributed by atoms with E-state index >= 15 is 0 Å². The molecule has 0 spiro atoms. The molecular formula is C21H24BrN3O3. The molecule has 148 valence electrons. The molecule has 2 aromatic rings. The van der Waals surface area contributed by atoms with Crippen LogP contribution >= 0.6 is 0 Å². The van der Waals surface area contributed by atoms with Crippen molar-refractivity contribution in [2.75, 3.05) is 18.0 Å². The van der Waals surface area contributed by atoms with Gasteiger partial charge in [0.15, 0.2) is 6.54 Å². The number of nitro groups is 1. The highest BCUT2D eigenvalue weighted by molar-refractivity contribution is 5.97. The van der Waals surface area contributed by atoms with E-state index in [1.807, 2.05) is 36.1 Å². The van der Waals surface area contributed by atoms with Crippen molar-refractivity contribution in [3.8, 4) is 0 Å². The van der Waals surface area contributed by atoms with Gasteiger partial charge in [-0.3, -0.25) is 14.7 Å². The number of non-ortho nitro benzene ring substituents is 1. The smallest absolute Gasteiger partial charge is 0.275 e. The fraction of sp³-hybridized carbons (Fsp3) is 0.381. The third-order valence-corrected chi connectivity index (χ3v) is 5.54. The van der Waals surface area contributed by atoms with Crippen LogP contribution in [0.2, 0.25) is 0 Å². The van der Waals surface area contributed by atoms with E-state index in [1.54, 1.807) is 12.1 Å². The van der Waals surface area contributed by atoms with Gasteiger partial charge in [-0.05, 0) is 38.3 Å². The fourth-order valence-electron chi connectivity index (χ4n) is 4.17. The van der Waals surface area contributed by atoms with Crippen LogP contribution < -0.4 is 21.9 Å². The lowest BCUT2D eigenvalue weighted by Gasteiger charge is -2.29. The molecule has 7 heteroatoms. The maximum Gasteiger partial charge on any atom is 0.275 e. The average molecular weight is 446 g/mol. The minimum Gasteiger partial charge on any atom is -1.00 e. The van der Waals surface area contributed by atoms with Crippen LogP contribution in [-0.4, -0.2) is 33.5 Å². The molecule has 2 aromatic carbocycles. The van der Waals surface area contributed by atoms with Gasteiger partial charge in [0.1, 0.15) is 5.69 Å². The van der Waals surface area contributed by atoms with Crippen LogP contribution in [0.3, 0.4) is 0 Å². The van der Waals surface area contributed by atoms with Crippen molar-refractivity contribution in [1.82, 2.24) is 0 Å². The molecule has 0 fully saturated rings. The summed E-state index contributed by atoms with van der Waals surface area (Å²) in [5.41, 5.74) is 1.29. The Labute approximate surface area is 175 Å². The molecule has 2 aliphatic rings. The van der Waals surface area contributed by atoms with Gasteiger partial charge in [-0.1, -0.05) is 29.8 Å². The van der Waals surface area contributed by atoms with Crippen molar-refractivity contribution in [3.05, 3.63) is 69.8 Å².